The number of halogens is 3. The Labute approximate surface area is 226 Å². The van der Waals surface area contributed by atoms with Crippen molar-refractivity contribution in [2.75, 3.05) is 11.1 Å². The standard InChI is InChI=1S/C23H24Cl2IN5O2S/c1-5-31-21(14(4)27-22(33)17-7-6-15(24)10-18(17)25)29-30-23(31)34-11-19(32)28-20-12(2)8-16(26)9-13(20)3/h6-10,14H,5,11H2,1-4H3,(H,27,33)(H,28,32)/t14-/m1/s1. The van der Waals surface area contributed by atoms with Gasteiger partial charge in [0.05, 0.1) is 22.4 Å². The first kappa shape index (κ1) is 26.8. The minimum Gasteiger partial charge on any atom is -0.342 e. The van der Waals surface area contributed by atoms with Gasteiger partial charge in [-0.3, -0.25) is 9.59 Å². The maximum Gasteiger partial charge on any atom is 0.253 e. The van der Waals surface area contributed by atoms with E-state index in [2.05, 4.69) is 43.4 Å². The summed E-state index contributed by atoms with van der Waals surface area (Å²) in [7, 11) is 0. The van der Waals surface area contributed by atoms with Crippen LogP contribution in [0.25, 0.3) is 0 Å². The molecule has 1 atom stereocenters. The number of carbonyl (C=O) groups is 2. The highest BCUT2D eigenvalue weighted by Gasteiger charge is 2.21. The van der Waals surface area contributed by atoms with E-state index < -0.39 is 6.04 Å². The SMILES string of the molecule is CCn1c(SCC(=O)Nc2c(C)cc(I)cc2C)nnc1[C@@H](C)NC(=O)c1ccc(Cl)cc1Cl. The highest BCUT2D eigenvalue weighted by atomic mass is 127. The lowest BCUT2D eigenvalue weighted by atomic mass is 10.1. The van der Waals surface area contributed by atoms with Gasteiger partial charge in [0.25, 0.3) is 5.91 Å². The molecule has 3 aromatic rings. The molecule has 0 bridgehead atoms. The number of nitrogens with one attached hydrogen (secondary N) is 2. The third kappa shape index (κ3) is 6.44. The lowest BCUT2D eigenvalue weighted by Gasteiger charge is -2.16. The molecule has 1 aromatic heterocycles. The molecule has 1 heterocycles. The zero-order valence-corrected chi connectivity index (χ0v) is 23.6. The van der Waals surface area contributed by atoms with Crippen molar-refractivity contribution in [2.45, 2.75) is 45.4 Å². The predicted octanol–water partition coefficient (Wildman–Crippen LogP) is 6.05. The number of benzene rings is 2. The van der Waals surface area contributed by atoms with Crippen LogP contribution in [0.2, 0.25) is 10.0 Å². The Hall–Kier alpha value is -1.82. The van der Waals surface area contributed by atoms with Crippen LogP contribution in [-0.2, 0) is 11.3 Å². The van der Waals surface area contributed by atoms with Gasteiger partial charge in [0.1, 0.15) is 0 Å². The number of amides is 2. The van der Waals surface area contributed by atoms with Crippen LogP contribution in [0, 0.1) is 17.4 Å². The highest BCUT2D eigenvalue weighted by Crippen LogP contribution is 2.26. The first-order valence-corrected chi connectivity index (χ1v) is 13.3. The van der Waals surface area contributed by atoms with Gasteiger partial charge < -0.3 is 15.2 Å². The molecule has 0 saturated carbocycles. The van der Waals surface area contributed by atoms with E-state index in [9.17, 15) is 9.59 Å². The van der Waals surface area contributed by atoms with Gasteiger partial charge in [0.15, 0.2) is 11.0 Å². The van der Waals surface area contributed by atoms with E-state index in [1.807, 2.05) is 44.4 Å². The van der Waals surface area contributed by atoms with Crippen molar-refractivity contribution >= 4 is 75.1 Å². The van der Waals surface area contributed by atoms with Gasteiger partial charge in [-0.15, -0.1) is 10.2 Å². The second kappa shape index (κ2) is 11.7. The second-order valence-electron chi connectivity index (χ2n) is 7.66. The number of hydrogen-bond acceptors (Lipinski definition) is 5. The molecule has 3 rings (SSSR count). The van der Waals surface area contributed by atoms with E-state index in [4.69, 9.17) is 23.2 Å². The number of rotatable bonds is 8. The lowest BCUT2D eigenvalue weighted by Crippen LogP contribution is -2.29. The first-order valence-electron chi connectivity index (χ1n) is 10.5. The maximum absolute atomic E-state index is 12.7. The molecule has 0 saturated heterocycles. The molecular formula is C23H24Cl2IN5O2S. The normalized spacial score (nSPS) is 11.9. The number of hydrogen-bond donors (Lipinski definition) is 2. The third-order valence-electron chi connectivity index (χ3n) is 5.07. The van der Waals surface area contributed by atoms with Crippen molar-refractivity contribution < 1.29 is 9.59 Å². The Morgan fingerprint density at radius 3 is 2.44 bits per heavy atom. The van der Waals surface area contributed by atoms with Gasteiger partial charge in [-0.1, -0.05) is 35.0 Å². The number of anilines is 1. The second-order valence-corrected chi connectivity index (χ2v) is 10.7. The minimum absolute atomic E-state index is 0.122. The Kier molecular flexibility index (Phi) is 9.25. The average molecular weight is 632 g/mol. The number of carbonyl (C=O) groups excluding carboxylic acids is 2. The number of aryl methyl sites for hydroxylation is 2. The summed E-state index contributed by atoms with van der Waals surface area (Å²) in [5.74, 6) is 0.317. The van der Waals surface area contributed by atoms with E-state index in [0.717, 1.165) is 20.4 Å². The molecule has 0 radical (unpaired) electrons. The molecular weight excluding hydrogens is 608 g/mol. The van der Waals surface area contributed by atoms with Gasteiger partial charge in [0.2, 0.25) is 5.91 Å². The number of nitrogens with zero attached hydrogens (tertiary/aromatic N) is 3. The summed E-state index contributed by atoms with van der Waals surface area (Å²) in [6.45, 7) is 8.32. The molecule has 11 heteroatoms. The summed E-state index contributed by atoms with van der Waals surface area (Å²) in [5, 5.41) is 15.7. The van der Waals surface area contributed by atoms with Crippen LogP contribution in [0.4, 0.5) is 5.69 Å². The zero-order valence-electron chi connectivity index (χ0n) is 19.1. The van der Waals surface area contributed by atoms with Gasteiger partial charge in [0, 0.05) is 20.8 Å². The number of aromatic nitrogens is 3. The molecule has 0 spiro atoms. The van der Waals surface area contributed by atoms with Crippen LogP contribution >= 0.6 is 57.6 Å². The largest absolute Gasteiger partial charge is 0.342 e. The molecule has 0 aliphatic heterocycles. The highest BCUT2D eigenvalue weighted by molar-refractivity contribution is 14.1. The van der Waals surface area contributed by atoms with Gasteiger partial charge in [-0.25, -0.2) is 0 Å². The van der Waals surface area contributed by atoms with Crippen molar-refractivity contribution in [2.24, 2.45) is 0 Å². The molecule has 2 aromatic carbocycles. The van der Waals surface area contributed by atoms with Crippen molar-refractivity contribution in [1.82, 2.24) is 20.1 Å². The van der Waals surface area contributed by atoms with Crippen LogP contribution < -0.4 is 10.6 Å². The zero-order chi connectivity index (χ0) is 25.0. The molecule has 0 aliphatic rings. The van der Waals surface area contributed by atoms with Gasteiger partial charge in [-0.05, 0) is 91.7 Å². The smallest absolute Gasteiger partial charge is 0.253 e. The van der Waals surface area contributed by atoms with E-state index >= 15 is 0 Å². The van der Waals surface area contributed by atoms with E-state index in [1.54, 1.807) is 12.1 Å². The first-order chi connectivity index (χ1) is 16.1. The van der Waals surface area contributed by atoms with E-state index in [1.165, 1.54) is 17.8 Å². The topological polar surface area (TPSA) is 88.9 Å². The molecule has 0 aliphatic carbocycles. The van der Waals surface area contributed by atoms with E-state index in [-0.39, 0.29) is 22.6 Å². The van der Waals surface area contributed by atoms with Crippen molar-refractivity contribution in [3.63, 3.8) is 0 Å². The van der Waals surface area contributed by atoms with Gasteiger partial charge in [-0.2, -0.15) is 0 Å². The van der Waals surface area contributed by atoms with E-state index in [0.29, 0.717) is 28.1 Å². The maximum atomic E-state index is 12.7. The van der Waals surface area contributed by atoms with Crippen LogP contribution in [0.5, 0.6) is 0 Å². The average Bonchev–Trinajstić information content (AvgIpc) is 3.17. The lowest BCUT2D eigenvalue weighted by molar-refractivity contribution is -0.113. The Morgan fingerprint density at radius 2 is 1.82 bits per heavy atom. The Balaban J connectivity index is 1.66. The molecule has 2 N–H and O–H groups in total. The molecule has 34 heavy (non-hydrogen) atoms. The van der Waals surface area contributed by atoms with Crippen molar-refractivity contribution in [3.8, 4) is 0 Å². The quantitative estimate of drug-likeness (QED) is 0.233. The summed E-state index contributed by atoms with van der Waals surface area (Å²) in [6.07, 6.45) is 0. The minimum atomic E-state index is -0.424. The van der Waals surface area contributed by atoms with Crippen LogP contribution in [0.1, 0.15) is 47.2 Å². The fourth-order valence-corrected chi connectivity index (χ4v) is 5.69. The summed E-state index contributed by atoms with van der Waals surface area (Å²) < 4.78 is 3.01. The Morgan fingerprint density at radius 1 is 1.15 bits per heavy atom. The van der Waals surface area contributed by atoms with Crippen LogP contribution in [0.15, 0.2) is 35.5 Å². The Bertz CT molecular complexity index is 1210. The molecule has 7 nitrogen and oxygen atoms in total. The molecule has 180 valence electrons. The summed E-state index contributed by atoms with van der Waals surface area (Å²) in [6, 6.07) is 8.35. The predicted molar refractivity (Wildman–Crippen MR) is 146 cm³/mol. The summed E-state index contributed by atoms with van der Waals surface area (Å²) >= 11 is 15.6. The van der Waals surface area contributed by atoms with Gasteiger partial charge >= 0.3 is 0 Å². The number of thioether (sulfide) groups is 1. The third-order valence-corrected chi connectivity index (χ3v) is 7.20. The molecule has 0 fully saturated rings. The molecule has 2 amide bonds. The summed E-state index contributed by atoms with van der Waals surface area (Å²) in [5.41, 5.74) is 3.20. The van der Waals surface area contributed by atoms with Crippen molar-refractivity contribution in [1.29, 1.82) is 0 Å². The van der Waals surface area contributed by atoms with Crippen molar-refractivity contribution in [3.05, 3.63) is 66.5 Å². The van der Waals surface area contributed by atoms with Crippen LogP contribution in [-0.4, -0.2) is 32.3 Å². The van der Waals surface area contributed by atoms with Crippen LogP contribution in [0.3, 0.4) is 0 Å². The fourth-order valence-electron chi connectivity index (χ4n) is 3.45. The summed E-state index contributed by atoms with van der Waals surface area (Å²) in [4.78, 5) is 25.3. The molecule has 0 unspecified atom stereocenters. The fraction of sp³-hybridized carbons (Fsp3) is 0.304. The monoisotopic (exact) mass is 631 g/mol.